The lowest BCUT2D eigenvalue weighted by molar-refractivity contribution is 0.0985. The molecule has 1 amide bonds. The van der Waals surface area contributed by atoms with Gasteiger partial charge in [-0.2, -0.15) is 0 Å². The van der Waals surface area contributed by atoms with E-state index in [2.05, 4.69) is 0 Å². The topological polar surface area (TPSA) is 63.2 Å². The quantitative estimate of drug-likeness (QED) is 0.946. The van der Waals surface area contributed by atoms with Crippen LogP contribution in [0.1, 0.15) is 15.2 Å². The Balaban J connectivity index is 0.00000180. The predicted octanol–water partition coefficient (Wildman–Crippen LogP) is 2.60. The van der Waals surface area contributed by atoms with Crippen LogP contribution in [-0.4, -0.2) is 14.3 Å². The molecule has 1 heterocycles. The van der Waals surface area contributed by atoms with E-state index in [0.717, 1.165) is 5.56 Å². The Bertz CT molecular complexity index is 649. The average molecular weight is 318 g/mol. The van der Waals surface area contributed by atoms with Crippen molar-refractivity contribution in [3.05, 3.63) is 52.2 Å². The summed E-state index contributed by atoms with van der Waals surface area (Å²) in [4.78, 5) is 12.1. The summed E-state index contributed by atoms with van der Waals surface area (Å²) < 4.78 is 25.9. The maximum Gasteiger partial charge on any atom is 0.275 e. The Morgan fingerprint density at radius 1 is 1.16 bits per heavy atom. The zero-order valence-electron chi connectivity index (χ0n) is 9.99. The van der Waals surface area contributed by atoms with Crippen molar-refractivity contribution >= 4 is 39.7 Å². The highest BCUT2D eigenvalue weighted by Crippen LogP contribution is 2.13. The number of benzene rings is 1. The molecule has 0 spiro atoms. The molecular weight excluding hydrogens is 306 g/mol. The van der Waals surface area contributed by atoms with Gasteiger partial charge in [-0.15, -0.1) is 23.7 Å². The smallest absolute Gasteiger partial charge is 0.267 e. The minimum absolute atomic E-state index is 0. The highest BCUT2D eigenvalue weighted by atomic mass is 35.5. The average Bonchev–Trinajstić information content (AvgIpc) is 2.82. The van der Waals surface area contributed by atoms with E-state index < -0.39 is 15.9 Å². The molecule has 0 aliphatic heterocycles. The third-order valence-corrected chi connectivity index (χ3v) is 4.52. The van der Waals surface area contributed by atoms with Crippen molar-refractivity contribution < 1.29 is 13.2 Å². The van der Waals surface area contributed by atoms with Gasteiger partial charge in [0.1, 0.15) is 0 Å². The van der Waals surface area contributed by atoms with Crippen molar-refractivity contribution in [2.45, 2.75) is 11.8 Å². The Hall–Kier alpha value is -1.37. The first-order chi connectivity index (χ1) is 8.49. The Labute approximate surface area is 121 Å². The van der Waals surface area contributed by atoms with Crippen LogP contribution in [0, 0.1) is 6.92 Å². The van der Waals surface area contributed by atoms with Gasteiger partial charge in [-0.25, -0.2) is 13.1 Å². The van der Waals surface area contributed by atoms with E-state index >= 15 is 0 Å². The van der Waals surface area contributed by atoms with Crippen molar-refractivity contribution in [2.24, 2.45) is 0 Å². The summed E-state index contributed by atoms with van der Waals surface area (Å²) >= 11 is 1.19. The summed E-state index contributed by atoms with van der Waals surface area (Å²) in [6.07, 6.45) is 0. The van der Waals surface area contributed by atoms with Crippen molar-refractivity contribution in [3.8, 4) is 0 Å². The third kappa shape index (κ3) is 3.79. The fraction of sp³-hybridized carbons (Fsp3) is 0.0833. The number of rotatable bonds is 3. The van der Waals surface area contributed by atoms with E-state index in [-0.39, 0.29) is 17.3 Å². The Morgan fingerprint density at radius 2 is 1.79 bits per heavy atom. The summed E-state index contributed by atoms with van der Waals surface area (Å²) in [6, 6.07) is 9.58. The molecule has 102 valence electrons. The third-order valence-electron chi connectivity index (χ3n) is 2.30. The molecule has 0 saturated heterocycles. The van der Waals surface area contributed by atoms with E-state index in [0.29, 0.717) is 4.88 Å². The molecule has 1 N–H and O–H groups in total. The fourth-order valence-corrected chi connectivity index (χ4v) is 3.01. The number of halogens is 1. The number of thiophene rings is 1. The predicted molar refractivity (Wildman–Crippen MR) is 77.4 cm³/mol. The summed E-state index contributed by atoms with van der Waals surface area (Å²) in [6.45, 7) is 1.86. The molecule has 19 heavy (non-hydrogen) atoms. The van der Waals surface area contributed by atoms with Crippen LogP contribution in [0.5, 0.6) is 0 Å². The highest BCUT2D eigenvalue weighted by molar-refractivity contribution is 7.90. The van der Waals surface area contributed by atoms with Crippen LogP contribution in [-0.2, 0) is 10.0 Å². The molecule has 0 fully saturated rings. The van der Waals surface area contributed by atoms with Gasteiger partial charge in [0.25, 0.3) is 15.9 Å². The number of nitrogens with one attached hydrogen (secondary N) is 1. The number of carbonyl (C=O) groups excluding carboxylic acids is 1. The van der Waals surface area contributed by atoms with Gasteiger partial charge in [0.05, 0.1) is 9.77 Å². The molecule has 0 aliphatic rings. The molecule has 0 atom stereocenters. The normalized spacial score (nSPS) is 10.6. The second-order valence-electron chi connectivity index (χ2n) is 3.72. The first kappa shape index (κ1) is 15.7. The maximum absolute atomic E-state index is 11.9. The molecule has 0 radical (unpaired) electrons. The second kappa shape index (κ2) is 6.18. The number of hydrogen-bond donors (Lipinski definition) is 1. The van der Waals surface area contributed by atoms with Crippen LogP contribution in [0.3, 0.4) is 0 Å². The van der Waals surface area contributed by atoms with E-state index in [4.69, 9.17) is 0 Å². The van der Waals surface area contributed by atoms with Gasteiger partial charge < -0.3 is 0 Å². The van der Waals surface area contributed by atoms with Crippen LogP contribution in [0.25, 0.3) is 0 Å². The van der Waals surface area contributed by atoms with Crippen molar-refractivity contribution in [2.75, 3.05) is 0 Å². The lowest BCUT2D eigenvalue weighted by atomic mass is 10.2. The van der Waals surface area contributed by atoms with Gasteiger partial charge in [-0.1, -0.05) is 23.8 Å². The molecule has 1 aromatic heterocycles. The van der Waals surface area contributed by atoms with E-state index in [1.165, 1.54) is 23.5 Å². The van der Waals surface area contributed by atoms with Gasteiger partial charge in [0.15, 0.2) is 0 Å². The summed E-state index contributed by atoms with van der Waals surface area (Å²) in [7, 11) is -3.80. The van der Waals surface area contributed by atoms with Crippen molar-refractivity contribution in [1.82, 2.24) is 4.72 Å². The molecule has 1 aromatic carbocycles. The van der Waals surface area contributed by atoms with Crippen LogP contribution >= 0.6 is 23.7 Å². The van der Waals surface area contributed by atoms with Gasteiger partial charge in [0.2, 0.25) is 0 Å². The first-order valence-corrected chi connectivity index (χ1v) is 7.53. The SMILES string of the molecule is Cc1ccc(S(=O)(=O)NC(=O)c2cccs2)cc1.Cl. The number of carbonyl (C=O) groups is 1. The molecule has 0 aliphatic carbocycles. The monoisotopic (exact) mass is 317 g/mol. The van der Waals surface area contributed by atoms with Crippen molar-refractivity contribution in [1.29, 1.82) is 0 Å². The van der Waals surface area contributed by atoms with Gasteiger partial charge >= 0.3 is 0 Å². The number of amides is 1. The van der Waals surface area contributed by atoms with Gasteiger partial charge in [-0.3, -0.25) is 4.79 Å². The van der Waals surface area contributed by atoms with Gasteiger partial charge in [-0.05, 0) is 30.5 Å². The lowest BCUT2D eigenvalue weighted by Gasteiger charge is -2.05. The Morgan fingerprint density at radius 3 is 2.32 bits per heavy atom. The molecule has 4 nitrogen and oxygen atoms in total. The van der Waals surface area contributed by atoms with Gasteiger partial charge in [0, 0.05) is 0 Å². The van der Waals surface area contributed by atoms with Crippen molar-refractivity contribution in [3.63, 3.8) is 0 Å². The second-order valence-corrected chi connectivity index (χ2v) is 6.36. The fourth-order valence-electron chi connectivity index (χ4n) is 1.36. The summed E-state index contributed by atoms with van der Waals surface area (Å²) in [5, 5.41) is 1.72. The zero-order valence-corrected chi connectivity index (χ0v) is 12.4. The standard InChI is InChI=1S/C12H11NO3S2.ClH/c1-9-4-6-10(7-5-9)18(15,16)13-12(14)11-3-2-8-17-11;/h2-8H,1H3,(H,13,14);1H. The number of aryl methyl sites for hydroxylation is 1. The molecule has 0 saturated carbocycles. The van der Waals surface area contributed by atoms with Crippen LogP contribution < -0.4 is 4.72 Å². The highest BCUT2D eigenvalue weighted by Gasteiger charge is 2.18. The van der Waals surface area contributed by atoms with Crippen LogP contribution in [0.2, 0.25) is 0 Å². The van der Waals surface area contributed by atoms with E-state index in [9.17, 15) is 13.2 Å². The minimum Gasteiger partial charge on any atom is -0.267 e. The summed E-state index contributed by atoms with van der Waals surface area (Å²) in [5.41, 5.74) is 0.957. The molecule has 0 bridgehead atoms. The van der Waals surface area contributed by atoms with E-state index in [1.54, 1.807) is 29.6 Å². The minimum atomic E-state index is -3.80. The number of sulfonamides is 1. The molecule has 0 unspecified atom stereocenters. The molecule has 7 heteroatoms. The largest absolute Gasteiger partial charge is 0.275 e. The molecule has 2 rings (SSSR count). The van der Waals surface area contributed by atoms with Crippen LogP contribution in [0.15, 0.2) is 46.7 Å². The zero-order chi connectivity index (χ0) is 13.2. The van der Waals surface area contributed by atoms with Crippen LogP contribution in [0.4, 0.5) is 0 Å². The Kier molecular flexibility index (Phi) is 5.11. The molecular formula is C12H12ClNO3S2. The molecule has 2 aromatic rings. The number of hydrogen-bond acceptors (Lipinski definition) is 4. The van der Waals surface area contributed by atoms with E-state index in [1.807, 2.05) is 11.6 Å². The lowest BCUT2D eigenvalue weighted by Crippen LogP contribution is -2.29. The first-order valence-electron chi connectivity index (χ1n) is 5.16. The summed E-state index contributed by atoms with van der Waals surface area (Å²) in [5.74, 6) is -0.606. The maximum atomic E-state index is 11.9.